The number of hydrogen-bond acceptors (Lipinski definition) is 3. The number of hydrogen-bond donors (Lipinski definition) is 2. The number of nitrogens with zero attached hydrogens (tertiary/aromatic N) is 1. The van der Waals surface area contributed by atoms with Crippen molar-refractivity contribution in [3.63, 3.8) is 0 Å². The van der Waals surface area contributed by atoms with Gasteiger partial charge in [-0.2, -0.15) is 0 Å². The van der Waals surface area contributed by atoms with Gasteiger partial charge in [-0.3, -0.25) is 9.69 Å². The molecule has 2 amide bonds. The molecule has 158 valence electrons. The molecule has 0 spiro atoms. The van der Waals surface area contributed by atoms with Gasteiger partial charge in [0.1, 0.15) is 17.6 Å². The summed E-state index contributed by atoms with van der Waals surface area (Å²) in [6, 6.07) is 7.37. The van der Waals surface area contributed by atoms with E-state index in [1.54, 1.807) is 25.3 Å². The van der Waals surface area contributed by atoms with Crippen molar-refractivity contribution >= 4 is 17.7 Å². The summed E-state index contributed by atoms with van der Waals surface area (Å²) in [5.74, 6) is -0.186. The molecular weight excluding hydrogens is 387 g/mol. The highest BCUT2D eigenvalue weighted by Gasteiger charge is 2.37. The predicted molar refractivity (Wildman–Crippen MR) is 111 cm³/mol. The number of fused-ring (bicyclic) bond motifs is 2. The van der Waals surface area contributed by atoms with Crippen molar-refractivity contribution in [3.8, 4) is 5.75 Å². The Kier molecular flexibility index (Phi) is 4.92. The lowest BCUT2D eigenvalue weighted by Crippen LogP contribution is -2.44. The molecule has 2 aromatic rings. The molecule has 7 heteroatoms. The van der Waals surface area contributed by atoms with Crippen LogP contribution in [0.15, 0.2) is 30.3 Å². The molecular formula is C23H25FN2O4. The molecule has 1 heterocycles. The maximum Gasteiger partial charge on any atom is 0.408 e. The monoisotopic (exact) mass is 412 g/mol. The van der Waals surface area contributed by atoms with Gasteiger partial charge in [-0.1, -0.05) is 19.9 Å². The smallest absolute Gasteiger partial charge is 0.408 e. The van der Waals surface area contributed by atoms with E-state index in [9.17, 15) is 19.1 Å². The van der Waals surface area contributed by atoms with Gasteiger partial charge in [-0.15, -0.1) is 0 Å². The quantitative estimate of drug-likeness (QED) is 0.789. The van der Waals surface area contributed by atoms with Crippen molar-refractivity contribution in [1.29, 1.82) is 0 Å². The maximum absolute atomic E-state index is 14.8. The molecule has 1 aliphatic heterocycles. The fraction of sp³-hybridized carbons (Fsp3) is 0.391. The van der Waals surface area contributed by atoms with Crippen molar-refractivity contribution in [2.24, 2.45) is 0 Å². The van der Waals surface area contributed by atoms with Gasteiger partial charge in [0.15, 0.2) is 0 Å². The van der Waals surface area contributed by atoms with Gasteiger partial charge in [0.25, 0.3) is 5.91 Å². The Hall–Kier alpha value is -3.09. The van der Waals surface area contributed by atoms with Gasteiger partial charge in [0, 0.05) is 12.2 Å². The first kappa shape index (κ1) is 20.2. The van der Waals surface area contributed by atoms with Gasteiger partial charge in [0.05, 0.1) is 7.11 Å². The summed E-state index contributed by atoms with van der Waals surface area (Å²) in [5, 5.41) is 12.4. The SMILES string of the molecule is COc1ccc2c(c1)CCN(C(=O)O)[C@H]2C(=O)Nc1cc(F)c2c(c1)CCC2(C)C. The third-order valence-electron chi connectivity index (χ3n) is 6.21. The fourth-order valence-corrected chi connectivity index (χ4v) is 4.69. The lowest BCUT2D eigenvalue weighted by atomic mass is 9.86. The topological polar surface area (TPSA) is 78.9 Å². The van der Waals surface area contributed by atoms with Gasteiger partial charge in [-0.25, -0.2) is 9.18 Å². The molecule has 0 aromatic heterocycles. The number of carbonyl (C=O) groups is 2. The highest BCUT2D eigenvalue weighted by atomic mass is 19.1. The Morgan fingerprint density at radius 1 is 1.20 bits per heavy atom. The summed E-state index contributed by atoms with van der Waals surface area (Å²) in [6.45, 7) is 4.22. The fourth-order valence-electron chi connectivity index (χ4n) is 4.69. The van der Waals surface area contributed by atoms with Gasteiger partial charge >= 0.3 is 6.09 Å². The number of anilines is 1. The number of carbonyl (C=O) groups excluding carboxylic acids is 1. The van der Waals surface area contributed by atoms with E-state index in [0.717, 1.165) is 28.9 Å². The van der Waals surface area contributed by atoms with Gasteiger partial charge < -0.3 is 15.2 Å². The predicted octanol–water partition coefficient (Wildman–Crippen LogP) is 4.27. The highest BCUT2D eigenvalue weighted by molar-refractivity contribution is 5.97. The number of halogens is 1. The Labute approximate surface area is 174 Å². The van der Waals surface area contributed by atoms with Crippen LogP contribution < -0.4 is 10.1 Å². The first-order valence-corrected chi connectivity index (χ1v) is 10.0. The third-order valence-corrected chi connectivity index (χ3v) is 6.21. The number of amides is 2. The van der Waals surface area contributed by atoms with Crippen molar-refractivity contribution in [2.75, 3.05) is 19.0 Å². The third kappa shape index (κ3) is 3.38. The molecule has 0 saturated heterocycles. The molecule has 2 aromatic carbocycles. The molecule has 30 heavy (non-hydrogen) atoms. The largest absolute Gasteiger partial charge is 0.497 e. The van der Waals surface area contributed by atoms with E-state index in [2.05, 4.69) is 5.32 Å². The zero-order valence-electron chi connectivity index (χ0n) is 17.3. The molecule has 0 unspecified atom stereocenters. The van der Waals surface area contributed by atoms with Crippen LogP contribution in [0.2, 0.25) is 0 Å². The van der Waals surface area contributed by atoms with Crippen LogP contribution in [0.5, 0.6) is 5.75 Å². The molecule has 0 radical (unpaired) electrons. The van der Waals surface area contributed by atoms with Crippen molar-refractivity contribution in [3.05, 3.63) is 58.4 Å². The molecule has 1 atom stereocenters. The number of methoxy groups -OCH3 is 1. The number of benzene rings is 2. The van der Waals surface area contributed by atoms with Crippen LogP contribution >= 0.6 is 0 Å². The average molecular weight is 412 g/mol. The van der Waals surface area contributed by atoms with Crippen molar-refractivity contribution < 1.29 is 23.8 Å². The minimum Gasteiger partial charge on any atom is -0.497 e. The van der Waals surface area contributed by atoms with E-state index in [1.165, 1.54) is 6.07 Å². The lowest BCUT2D eigenvalue weighted by Gasteiger charge is -2.34. The molecule has 4 rings (SSSR count). The summed E-state index contributed by atoms with van der Waals surface area (Å²) in [5.41, 5.74) is 3.18. The molecule has 6 nitrogen and oxygen atoms in total. The van der Waals surface area contributed by atoms with Crippen LogP contribution in [0.3, 0.4) is 0 Å². The first-order chi connectivity index (χ1) is 14.2. The Morgan fingerprint density at radius 2 is 1.97 bits per heavy atom. The number of nitrogens with one attached hydrogen (secondary N) is 1. The number of carboxylic acid groups (broad SMARTS) is 1. The molecule has 0 bridgehead atoms. The standard InChI is InChI=1S/C23H25FN2O4/c1-23(2)8-6-14-10-15(12-18(24)19(14)23)25-21(27)20-17-5-4-16(30-3)11-13(17)7-9-26(20)22(28)29/h4-5,10-12,20H,6-9H2,1-3H3,(H,25,27)(H,28,29)/t20-/m1/s1. The minimum atomic E-state index is -1.17. The first-order valence-electron chi connectivity index (χ1n) is 10.0. The second kappa shape index (κ2) is 7.31. The normalized spacial score (nSPS) is 19.1. The second-order valence-electron chi connectivity index (χ2n) is 8.56. The molecule has 2 N–H and O–H groups in total. The van der Waals surface area contributed by atoms with E-state index in [0.29, 0.717) is 29.0 Å². The van der Waals surface area contributed by atoms with Crippen LogP contribution in [-0.4, -0.2) is 35.7 Å². The van der Waals surface area contributed by atoms with Crippen molar-refractivity contribution in [1.82, 2.24) is 4.90 Å². The molecule has 1 aliphatic carbocycles. The average Bonchev–Trinajstić information content (AvgIpc) is 3.01. The Balaban J connectivity index is 1.67. The van der Waals surface area contributed by atoms with Gasteiger partial charge in [-0.05, 0) is 71.2 Å². The summed E-state index contributed by atoms with van der Waals surface area (Å²) < 4.78 is 20.0. The zero-order chi connectivity index (χ0) is 21.6. The van der Waals surface area contributed by atoms with Gasteiger partial charge in [0.2, 0.25) is 0 Å². The zero-order valence-corrected chi connectivity index (χ0v) is 17.3. The minimum absolute atomic E-state index is 0.195. The van der Waals surface area contributed by atoms with E-state index in [1.807, 2.05) is 19.9 Å². The van der Waals surface area contributed by atoms with Crippen LogP contribution in [0, 0.1) is 5.82 Å². The number of rotatable bonds is 3. The molecule has 0 fully saturated rings. The Bertz CT molecular complexity index is 1030. The van der Waals surface area contributed by atoms with E-state index >= 15 is 0 Å². The van der Waals surface area contributed by atoms with E-state index in [-0.39, 0.29) is 17.8 Å². The van der Waals surface area contributed by atoms with E-state index < -0.39 is 18.0 Å². The Morgan fingerprint density at radius 3 is 2.67 bits per heavy atom. The van der Waals surface area contributed by atoms with Crippen LogP contribution in [0.4, 0.5) is 14.9 Å². The summed E-state index contributed by atoms with van der Waals surface area (Å²) in [7, 11) is 1.56. The summed E-state index contributed by atoms with van der Waals surface area (Å²) >= 11 is 0. The molecule has 0 saturated carbocycles. The summed E-state index contributed by atoms with van der Waals surface area (Å²) in [6.07, 6.45) is 0.918. The number of ether oxygens (including phenoxy) is 1. The molecule has 2 aliphatic rings. The van der Waals surface area contributed by atoms with E-state index in [4.69, 9.17) is 4.74 Å². The number of aryl methyl sites for hydroxylation is 1. The van der Waals surface area contributed by atoms with Crippen molar-refractivity contribution in [2.45, 2.75) is 44.6 Å². The van der Waals surface area contributed by atoms with Crippen LogP contribution in [0.1, 0.15) is 48.6 Å². The highest BCUT2D eigenvalue weighted by Crippen LogP contribution is 2.41. The van der Waals surface area contributed by atoms with Crippen LogP contribution in [0.25, 0.3) is 0 Å². The second-order valence-corrected chi connectivity index (χ2v) is 8.56. The summed E-state index contributed by atoms with van der Waals surface area (Å²) in [4.78, 5) is 26.1. The maximum atomic E-state index is 14.8. The van der Waals surface area contributed by atoms with Crippen LogP contribution in [-0.2, 0) is 23.1 Å². The lowest BCUT2D eigenvalue weighted by molar-refractivity contribution is -0.121.